The molecule has 2 heterocycles. The van der Waals surface area contributed by atoms with E-state index in [1.165, 1.54) is 17.4 Å². The number of carbonyl (C=O) groups is 2. The maximum atomic E-state index is 12.4. The number of para-hydroxylation sites is 2. The summed E-state index contributed by atoms with van der Waals surface area (Å²) >= 11 is 17.2. The number of hydrogen-bond acceptors (Lipinski definition) is 9. The third kappa shape index (κ3) is 10.1. The van der Waals surface area contributed by atoms with Gasteiger partial charge in [0.05, 0.1) is 5.56 Å². The van der Waals surface area contributed by atoms with Crippen LogP contribution in [0.4, 0.5) is 17.2 Å². The molecule has 0 aliphatic rings. The van der Waals surface area contributed by atoms with Crippen molar-refractivity contribution in [2.45, 2.75) is 34.6 Å². The lowest BCUT2D eigenvalue weighted by molar-refractivity contribution is 0.101. The Bertz CT molecular complexity index is 1540. The van der Waals surface area contributed by atoms with E-state index < -0.39 is 0 Å². The van der Waals surface area contributed by atoms with Crippen LogP contribution in [0, 0.1) is 27.7 Å². The first-order chi connectivity index (χ1) is 20.3. The van der Waals surface area contributed by atoms with Crippen molar-refractivity contribution in [3.8, 4) is 0 Å². The van der Waals surface area contributed by atoms with Gasteiger partial charge in [-0.3, -0.25) is 14.6 Å². The van der Waals surface area contributed by atoms with Crippen molar-refractivity contribution >= 4 is 63.8 Å². The van der Waals surface area contributed by atoms with Gasteiger partial charge in [0.2, 0.25) is 10.6 Å². The minimum absolute atomic E-state index is 0.00798. The molecule has 43 heavy (non-hydrogen) atoms. The lowest BCUT2D eigenvalue weighted by atomic mass is 10.1. The monoisotopic (exact) mass is 645 g/mol. The van der Waals surface area contributed by atoms with Gasteiger partial charge in [0.15, 0.2) is 5.82 Å². The van der Waals surface area contributed by atoms with Gasteiger partial charge in [-0.2, -0.15) is 4.98 Å². The van der Waals surface area contributed by atoms with Gasteiger partial charge in [-0.25, -0.2) is 20.8 Å². The number of nitrogens with zero attached hydrogens (tertiary/aromatic N) is 5. The number of rotatable bonds is 5. The quantitative estimate of drug-likeness (QED) is 0.0890. The molecule has 0 aliphatic heterocycles. The number of halogens is 3. The van der Waals surface area contributed by atoms with E-state index in [0.717, 1.165) is 40.2 Å². The van der Waals surface area contributed by atoms with Crippen LogP contribution in [0.25, 0.3) is 0 Å². The fourth-order valence-electron chi connectivity index (χ4n) is 3.66. The Morgan fingerprint density at radius 2 is 1.14 bits per heavy atom. The number of nitrogens with one attached hydrogen (secondary N) is 2. The molecule has 228 valence electrons. The molecule has 0 bridgehead atoms. The van der Waals surface area contributed by atoms with Gasteiger partial charge in [-0.1, -0.05) is 54.9 Å². The first-order valence-electron chi connectivity index (χ1n) is 12.9. The van der Waals surface area contributed by atoms with E-state index in [-0.39, 0.29) is 44.5 Å². The molecule has 0 fully saturated rings. The average Bonchev–Trinajstić information content (AvgIpc) is 2.93. The van der Waals surface area contributed by atoms with Crippen molar-refractivity contribution in [3.63, 3.8) is 0 Å². The smallest absolute Gasteiger partial charge is 0.261 e. The molecule has 0 spiro atoms. The standard InChI is InChI=1S/C14H16ClN5O.C13H11Cl2N3O.C2H7N/c1-8-5-4-6-9(2)11(8)18-13(21)10-7-17-14(15)19-12(10)20(3)16;1-7-4-3-5-8(2)10(7)17-12(19)9-6-16-13(15)18-11(9)14;1-2-3/h4-7H,16H2,1-3H3,(H,18,21);3-6H,1-2H3,(H,17,19);2-3H2,1H3. The number of carbonyl (C=O) groups excluding carboxylic acids is 2. The van der Waals surface area contributed by atoms with E-state index in [2.05, 4.69) is 30.6 Å². The Morgan fingerprint density at radius 3 is 1.53 bits per heavy atom. The van der Waals surface area contributed by atoms with Crippen LogP contribution in [0.5, 0.6) is 0 Å². The summed E-state index contributed by atoms with van der Waals surface area (Å²) in [5.74, 6) is 5.24. The Kier molecular flexibility index (Phi) is 13.7. The molecule has 0 radical (unpaired) electrons. The van der Waals surface area contributed by atoms with E-state index in [1.54, 1.807) is 7.05 Å². The van der Waals surface area contributed by atoms with Gasteiger partial charge >= 0.3 is 0 Å². The molecule has 0 saturated heterocycles. The summed E-state index contributed by atoms with van der Waals surface area (Å²) in [7, 11) is 1.58. The highest BCUT2D eigenvalue weighted by molar-refractivity contribution is 6.34. The summed E-state index contributed by atoms with van der Waals surface area (Å²) < 4.78 is 0. The first-order valence-corrected chi connectivity index (χ1v) is 14.1. The minimum atomic E-state index is -0.362. The van der Waals surface area contributed by atoms with Crippen LogP contribution in [-0.4, -0.2) is 45.3 Å². The highest BCUT2D eigenvalue weighted by Gasteiger charge is 2.18. The normalized spacial score (nSPS) is 10.0. The summed E-state index contributed by atoms with van der Waals surface area (Å²) in [6.07, 6.45) is 2.66. The second-order valence-corrected chi connectivity index (χ2v) is 10.2. The molecular weight excluding hydrogens is 613 g/mol. The topological polar surface area (TPSA) is 165 Å². The van der Waals surface area contributed by atoms with Crippen LogP contribution in [-0.2, 0) is 0 Å². The molecule has 14 heteroatoms. The number of nitrogens with two attached hydrogens (primary N) is 2. The molecule has 0 aliphatic carbocycles. The first kappa shape index (κ1) is 35.3. The van der Waals surface area contributed by atoms with Gasteiger partial charge < -0.3 is 16.4 Å². The van der Waals surface area contributed by atoms with E-state index in [1.807, 2.05) is 71.0 Å². The molecule has 0 atom stereocenters. The molecule has 0 saturated carbocycles. The number of hydrogen-bond donors (Lipinski definition) is 4. The molecule has 2 aromatic carbocycles. The summed E-state index contributed by atoms with van der Waals surface area (Å²) in [4.78, 5) is 39.9. The Balaban J connectivity index is 0.000000276. The molecular formula is C29H34Cl3N9O2. The third-order valence-electron chi connectivity index (χ3n) is 5.71. The number of benzene rings is 2. The zero-order chi connectivity index (χ0) is 32.3. The second-order valence-electron chi connectivity index (χ2n) is 9.18. The number of aryl methyl sites for hydroxylation is 4. The number of anilines is 3. The van der Waals surface area contributed by atoms with Gasteiger partial charge in [-0.15, -0.1) is 0 Å². The lowest BCUT2D eigenvalue weighted by Gasteiger charge is -2.16. The van der Waals surface area contributed by atoms with E-state index in [4.69, 9.17) is 46.4 Å². The average molecular weight is 647 g/mol. The predicted octanol–water partition coefficient (Wildman–Crippen LogP) is 5.93. The Hall–Kier alpha value is -3.87. The predicted molar refractivity (Wildman–Crippen MR) is 174 cm³/mol. The summed E-state index contributed by atoms with van der Waals surface area (Å²) in [5, 5.41) is 6.98. The van der Waals surface area contributed by atoms with Gasteiger partial charge in [0, 0.05) is 30.8 Å². The SMILES string of the molecule is CCN.Cc1cccc(C)c1NC(=O)c1cnc(Cl)nc1Cl.Cc1cccc(C)c1NC(=O)c1cnc(Cl)nc1N(C)N. The maximum Gasteiger partial charge on any atom is 0.261 e. The van der Waals surface area contributed by atoms with Crippen molar-refractivity contribution in [1.82, 2.24) is 19.9 Å². The zero-order valence-corrected chi connectivity index (χ0v) is 26.9. The molecule has 11 nitrogen and oxygen atoms in total. The van der Waals surface area contributed by atoms with Gasteiger partial charge in [0.1, 0.15) is 10.7 Å². The van der Waals surface area contributed by atoms with Gasteiger partial charge in [0.25, 0.3) is 11.8 Å². The van der Waals surface area contributed by atoms with Crippen LogP contribution in [0.2, 0.25) is 15.7 Å². The van der Waals surface area contributed by atoms with Gasteiger partial charge in [-0.05, 0) is 79.7 Å². The van der Waals surface area contributed by atoms with Crippen LogP contribution >= 0.6 is 34.8 Å². The Morgan fingerprint density at radius 1 is 0.767 bits per heavy atom. The molecule has 4 rings (SSSR count). The number of hydrazine groups is 1. The van der Waals surface area contributed by atoms with Crippen LogP contribution in [0.3, 0.4) is 0 Å². The maximum absolute atomic E-state index is 12.4. The highest BCUT2D eigenvalue weighted by atomic mass is 35.5. The molecule has 4 aromatic rings. The molecule has 0 unspecified atom stereocenters. The van der Waals surface area contributed by atoms with Crippen molar-refractivity contribution in [2.24, 2.45) is 11.6 Å². The highest BCUT2D eigenvalue weighted by Crippen LogP contribution is 2.24. The largest absolute Gasteiger partial charge is 0.331 e. The molecule has 2 aromatic heterocycles. The minimum Gasteiger partial charge on any atom is -0.331 e. The van der Waals surface area contributed by atoms with Crippen LogP contribution in [0.15, 0.2) is 48.8 Å². The van der Waals surface area contributed by atoms with E-state index in [0.29, 0.717) is 0 Å². The summed E-state index contributed by atoms with van der Waals surface area (Å²) in [5.41, 5.74) is 10.7. The molecule has 2 amide bonds. The fraction of sp³-hybridized carbons (Fsp3) is 0.241. The fourth-order valence-corrected chi connectivity index (χ4v) is 4.18. The van der Waals surface area contributed by atoms with Crippen molar-refractivity contribution in [1.29, 1.82) is 0 Å². The van der Waals surface area contributed by atoms with Crippen LogP contribution < -0.4 is 27.2 Å². The van der Waals surface area contributed by atoms with Crippen molar-refractivity contribution in [3.05, 3.63) is 97.9 Å². The van der Waals surface area contributed by atoms with E-state index in [9.17, 15) is 9.59 Å². The molecule has 6 N–H and O–H groups in total. The lowest BCUT2D eigenvalue weighted by Crippen LogP contribution is -2.29. The summed E-state index contributed by atoms with van der Waals surface area (Å²) in [6.45, 7) is 10.3. The van der Waals surface area contributed by atoms with E-state index >= 15 is 0 Å². The van der Waals surface area contributed by atoms with Crippen molar-refractivity contribution in [2.75, 3.05) is 29.2 Å². The zero-order valence-electron chi connectivity index (χ0n) is 24.7. The van der Waals surface area contributed by atoms with Crippen LogP contribution in [0.1, 0.15) is 49.9 Å². The van der Waals surface area contributed by atoms with Crippen molar-refractivity contribution < 1.29 is 9.59 Å². The Labute approximate surface area is 266 Å². The number of amides is 2. The summed E-state index contributed by atoms with van der Waals surface area (Å²) in [6, 6.07) is 11.6. The number of aromatic nitrogens is 4. The second kappa shape index (κ2) is 16.7. The third-order valence-corrected chi connectivity index (χ3v) is 6.37.